The minimum Gasteiger partial charge on any atom is -0.483 e. The van der Waals surface area contributed by atoms with Crippen LogP contribution in [0.3, 0.4) is 0 Å². The fourth-order valence-corrected chi connectivity index (χ4v) is 3.52. The molecular formula is C22H22F5N3O3. The fraction of sp³-hybridized carbons (Fsp3) is 0.364. The molecule has 0 unspecified atom stereocenters. The van der Waals surface area contributed by atoms with E-state index < -0.39 is 34.9 Å². The number of pyridine rings is 1. The van der Waals surface area contributed by atoms with Gasteiger partial charge in [0.25, 0.3) is 5.56 Å². The molecule has 1 aromatic heterocycles. The Labute approximate surface area is 186 Å². The molecule has 1 aliphatic heterocycles. The third-order valence-corrected chi connectivity index (χ3v) is 5.16. The number of amides is 2. The molecule has 11 heteroatoms. The van der Waals surface area contributed by atoms with Crippen LogP contribution < -0.4 is 20.9 Å². The van der Waals surface area contributed by atoms with Gasteiger partial charge in [-0.05, 0) is 45.0 Å². The number of carbonyl (C=O) groups excluding carboxylic acids is 1. The van der Waals surface area contributed by atoms with Gasteiger partial charge in [-0.25, -0.2) is 4.79 Å². The van der Waals surface area contributed by atoms with Crippen molar-refractivity contribution < 1.29 is 31.5 Å². The van der Waals surface area contributed by atoms with Gasteiger partial charge in [-0.2, -0.15) is 22.0 Å². The summed E-state index contributed by atoms with van der Waals surface area (Å²) in [6.07, 6.45) is -4.45. The summed E-state index contributed by atoms with van der Waals surface area (Å²) in [5.41, 5.74) is -2.73. The lowest BCUT2D eigenvalue weighted by atomic mass is 9.88. The van der Waals surface area contributed by atoms with Crippen molar-refractivity contribution in [2.45, 2.75) is 38.5 Å². The number of hydrogen-bond acceptors (Lipinski definition) is 3. The highest BCUT2D eigenvalue weighted by molar-refractivity contribution is 5.79. The second kappa shape index (κ2) is 8.53. The second-order valence-corrected chi connectivity index (χ2v) is 7.84. The van der Waals surface area contributed by atoms with E-state index in [1.165, 1.54) is 24.4 Å². The lowest BCUT2D eigenvalue weighted by molar-refractivity contribution is -0.289. The lowest BCUT2D eigenvalue weighted by Crippen LogP contribution is -2.44. The van der Waals surface area contributed by atoms with Crippen molar-refractivity contribution in [3.8, 4) is 5.75 Å². The highest BCUT2D eigenvalue weighted by Crippen LogP contribution is 2.47. The minimum absolute atomic E-state index is 0.0224. The number of urea groups is 1. The Morgan fingerprint density at radius 1 is 1.09 bits per heavy atom. The average Bonchev–Trinajstić information content (AvgIpc) is 2.71. The molecule has 3 rings (SSSR count). The molecule has 0 saturated carbocycles. The van der Waals surface area contributed by atoms with E-state index in [-0.39, 0.29) is 23.6 Å². The van der Waals surface area contributed by atoms with Crippen molar-refractivity contribution in [2.24, 2.45) is 0 Å². The molecule has 2 heterocycles. The van der Waals surface area contributed by atoms with Gasteiger partial charge < -0.3 is 15.4 Å². The van der Waals surface area contributed by atoms with Crippen molar-refractivity contribution in [1.82, 2.24) is 15.2 Å². The van der Waals surface area contributed by atoms with E-state index >= 15 is 0 Å². The molecule has 2 aromatic rings. The first kappa shape index (κ1) is 24.3. The molecule has 0 atom stereocenters. The molecule has 1 aromatic carbocycles. The summed E-state index contributed by atoms with van der Waals surface area (Å²) in [6.45, 7) is 5.16. The molecule has 178 valence electrons. The zero-order valence-electron chi connectivity index (χ0n) is 18.0. The zero-order chi connectivity index (χ0) is 24.6. The number of alkyl halides is 5. The molecule has 0 radical (unpaired) electrons. The van der Waals surface area contributed by atoms with Gasteiger partial charge in [-0.3, -0.25) is 9.36 Å². The Balaban J connectivity index is 2.28. The standard InChI is InChI=1S/C22H22F5N3O3/c1-4-28-19(32)29-12-15-18(30-10-6-5-7-17(30)31)14-11-13(21(23,24)22(25,26)27)8-9-16(14)33-20(15,2)3/h5-11H,4,12H2,1-3H3,(H2,28,29,32). The molecule has 0 spiro atoms. The summed E-state index contributed by atoms with van der Waals surface area (Å²) in [6, 6.07) is 6.01. The molecule has 0 bridgehead atoms. The third-order valence-electron chi connectivity index (χ3n) is 5.16. The van der Waals surface area contributed by atoms with Crippen LogP contribution in [0.2, 0.25) is 0 Å². The maximum Gasteiger partial charge on any atom is 0.458 e. The zero-order valence-corrected chi connectivity index (χ0v) is 18.0. The van der Waals surface area contributed by atoms with Crippen molar-refractivity contribution in [3.05, 3.63) is 69.6 Å². The monoisotopic (exact) mass is 471 g/mol. The number of hydrogen-bond donors (Lipinski definition) is 2. The highest BCUT2D eigenvalue weighted by atomic mass is 19.4. The Bertz CT molecular complexity index is 1150. The number of aromatic nitrogens is 1. The first-order chi connectivity index (χ1) is 15.3. The minimum atomic E-state index is -5.81. The molecule has 33 heavy (non-hydrogen) atoms. The van der Waals surface area contributed by atoms with E-state index in [0.29, 0.717) is 24.3 Å². The SMILES string of the molecule is CCNC(=O)NCC1=C(n2ccccc2=O)c2cc(C(F)(F)C(F)(F)F)ccc2OC1(C)C. The van der Waals surface area contributed by atoms with Crippen LogP contribution in [-0.4, -0.2) is 35.5 Å². The predicted molar refractivity (Wildman–Crippen MR) is 111 cm³/mol. The van der Waals surface area contributed by atoms with Crippen LogP contribution in [0.1, 0.15) is 31.9 Å². The molecule has 0 aliphatic carbocycles. The van der Waals surface area contributed by atoms with Crippen LogP contribution in [0.5, 0.6) is 5.75 Å². The van der Waals surface area contributed by atoms with Crippen molar-refractivity contribution in [1.29, 1.82) is 0 Å². The largest absolute Gasteiger partial charge is 0.483 e. The number of halogens is 5. The Morgan fingerprint density at radius 3 is 2.39 bits per heavy atom. The van der Waals surface area contributed by atoms with Crippen LogP contribution in [0.15, 0.2) is 53.0 Å². The van der Waals surface area contributed by atoms with Crippen molar-refractivity contribution in [3.63, 3.8) is 0 Å². The van der Waals surface area contributed by atoms with Crippen molar-refractivity contribution in [2.75, 3.05) is 13.1 Å². The molecule has 2 amide bonds. The van der Waals surface area contributed by atoms with Crippen LogP contribution >= 0.6 is 0 Å². The summed E-state index contributed by atoms with van der Waals surface area (Å²) < 4.78 is 74.3. The second-order valence-electron chi connectivity index (χ2n) is 7.84. The number of nitrogens with one attached hydrogen (secondary N) is 2. The maximum absolute atomic E-state index is 14.1. The number of carbonyl (C=O) groups is 1. The normalized spacial score (nSPS) is 15.5. The fourth-order valence-electron chi connectivity index (χ4n) is 3.52. The van der Waals surface area contributed by atoms with Gasteiger partial charge in [0.2, 0.25) is 0 Å². The molecule has 0 fully saturated rings. The number of benzene rings is 1. The summed E-state index contributed by atoms with van der Waals surface area (Å²) in [7, 11) is 0. The van der Waals surface area contributed by atoms with Gasteiger partial charge in [0.1, 0.15) is 11.4 Å². The summed E-state index contributed by atoms with van der Waals surface area (Å²) in [5, 5.41) is 5.13. The molecule has 1 aliphatic rings. The van der Waals surface area contributed by atoms with Gasteiger partial charge in [-0.15, -0.1) is 0 Å². The van der Waals surface area contributed by atoms with Gasteiger partial charge in [0.15, 0.2) is 0 Å². The average molecular weight is 471 g/mol. The van der Waals surface area contributed by atoms with E-state index in [1.54, 1.807) is 20.8 Å². The predicted octanol–water partition coefficient (Wildman–Crippen LogP) is 4.25. The van der Waals surface area contributed by atoms with E-state index in [1.807, 2.05) is 0 Å². The van der Waals surface area contributed by atoms with Crippen LogP contribution in [0.25, 0.3) is 5.70 Å². The summed E-state index contributed by atoms with van der Waals surface area (Å²) >= 11 is 0. The third kappa shape index (κ3) is 4.57. The molecular weight excluding hydrogens is 449 g/mol. The van der Waals surface area contributed by atoms with E-state index in [9.17, 15) is 31.5 Å². The number of fused-ring (bicyclic) bond motifs is 1. The van der Waals surface area contributed by atoms with Gasteiger partial charge in [-0.1, -0.05) is 6.07 Å². The van der Waals surface area contributed by atoms with Crippen LogP contribution in [-0.2, 0) is 5.92 Å². The van der Waals surface area contributed by atoms with E-state index in [0.717, 1.165) is 10.6 Å². The first-order valence-corrected chi connectivity index (χ1v) is 10.0. The first-order valence-electron chi connectivity index (χ1n) is 10.0. The van der Waals surface area contributed by atoms with Gasteiger partial charge >= 0.3 is 18.1 Å². The highest BCUT2D eigenvalue weighted by Gasteiger charge is 2.59. The van der Waals surface area contributed by atoms with Crippen LogP contribution in [0.4, 0.5) is 26.7 Å². The molecule has 0 saturated heterocycles. The Morgan fingerprint density at radius 2 is 1.79 bits per heavy atom. The molecule has 6 nitrogen and oxygen atoms in total. The maximum atomic E-state index is 14.1. The number of rotatable bonds is 5. The quantitative estimate of drug-likeness (QED) is 0.641. The van der Waals surface area contributed by atoms with Gasteiger partial charge in [0.05, 0.1) is 5.70 Å². The molecule has 2 N–H and O–H groups in total. The smallest absolute Gasteiger partial charge is 0.458 e. The topological polar surface area (TPSA) is 72.4 Å². The van der Waals surface area contributed by atoms with E-state index in [4.69, 9.17) is 4.74 Å². The van der Waals surface area contributed by atoms with Crippen LogP contribution in [0, 0.1) is 0 Å². The summed E-state index contributed by atoms with van der Waals surface area (Å²) in [4.78, 5) is 24.6. The van der Waals surface area contributed by atoms with Gasteiger partial charge in [0, 0.05) is 42.1 Å². The Hall–Kier alpha value is -3.37. The lowest BCUT2D eigenvalue weighted by Gasteiger charge is -2.38. The van der Waals surface area contributed by atoms with Crippen molar-refractivity contribution >= 4 is 11.7 Å². The van der Waals surface area contributed by atoms with E-state index in [2.05, 4.69) is 10.6 Å². The Kier molecular flexibility index (Phi) is 6.27. The summed E-state index contributed by atoms with van der Waals surface area (Å²) in [5.74, 6) is -5.10. The number of ether oxygens (including phenoxy) is 1. The number of nitrogens with zero attached hydrogens (tertiary/aromatic N) is 1.